The zero-order valence-electron chi connectivity index (χ0n) is 18.3. The van der Waals surface area contributed by atoms with Crippen molar-refractivity contribution < 1.29 is 4.79 Å². The SMILES string of the molecule is Cc1cc(C)n(CCCNC(=O)CCn2c(=O)c(N3CCCC3)nc3ccccc32)n1. The number of carbonyl (C=O) groups is 1. The van der Waals surface area contributed by atoms with Crippen LogP contribution in [0.4, 0.5) is 5.82 Å². The number of para-hydroxylation sites is 2. The predicted molar refractivity (Wildman–Crippen MR) is 121 cm³/mol. The number of anilines is 1. The van der Waals surface area contributed by atoms with Crippen LogP contribution in [0.3, 0.4) is 0 Å². The minimum absolute atomic E-state index is 0.0520. The van der Waals surface area contributed by atoms with Gasteiger partial charge in [0.05, 0.1) is 16.7 Å². The third-order valence-corrected chi connectivity index (χ3v) is 5.78. The number of aromatic nitrogens is 4. The molecule has 31 heavy (non-hydrogen) atoms. The van der Waals surface area contributed by atoms with Crippen molar-refractivity contribution in [3.8, 4) is 0 Å². The quantitative estimate of drug-likeness (QED) is 0.564. The Morgan fingerprint density at radius 3 is 2.65 bits per heavy atom. The van der Waals surface area contributed by atoms with Gasteiger partial charge in [-0.05, 0) is 51.3 Å². The molecular formula is C23H30N6O2. The highest BCUT2D eigenvalue weighted by Gasteiger charge is 2.20. The number of nitrogens with one attached hydrogen (secondary N) is 1. The number of hydrogen-bond acceptors (Lipinski definition) is 5. The lowest BCUT2D eigenvalue weighted by molar-refractivity contribution is -0.121. The van der Waals surface area contributed by atoms with E-state index >= 15 is 0 Å². The average molecular weight is 423 g/mol. The number of hydrogen-bond donors (Lipinski definition) is 1. The molecule has 0 saturated carbocycles. The Bertz CT molecular complexity index is 1130. The summed E-state index contributed by atoms with van der Waals surface area (Å²) in [4.78, 5) is 32.2. The van der Waals surface area contributed by atoms with Crippen LogP contribution in [-0.2, 0) is 17.9 Å². The van der Waals surface area contributed by atoms with Crippen LogP contribution in [-0.4, -0.2) is 44.9 Å². The van der Waals surface area contributed by atoms with Crippen LogP contribution >= 0.6 is 0 Å². The number of aryl methyl sites for hydroxylation is 4. The zero-order chi connectivity index (χ0) is 21.8. The molecule has 8 heteroatoms. The van der Waals surface area contributed by atoms with Crippen molar-refractivity contribution in [3.63, 3.8) is 0 Å². The van der Waals surface area contributed by atoms with Crippen molar-refractivity contribution in [3.05, 3.63) is 52.1 Å². The molecule has 1 aliphatic rings. The van der Waals surface area contributed by atoms with E-state index < -0.39 is 0 Å². The lowest BCUT2D eigenvalue weighted by Gasteiger charge is -2.19. The Labute approximate surface area is 181 Å². The largest absolute Gasteiger partial charge is 0.356 e. The fraction of sp³-hybridized carbons (Fsp3) is 0.478. The molecule has 0 atom stereocenters. The van der Waals surface area contributed by atoms with Gasteiger partial charge in [-0.25, -0.2) is 4.98 Å². The first kappa shape index (κ1) is 21.1. The minimum Gasteiger partial charge on any atom is -0.356 e. The maximum atomic E-state index is 13.2. The normalized spacial score (nSPS) is 13.8. The highest BCUT2D eigenvalue weighted by molar-refractivity contribution is 5.78. The maximum absolute atomic E-state index is 13.2. The van der Waals surface area contributed by atoms with Gasteiger partial charge in [-0.3, -0.25) is 14.3 Å². The van der Waals surface area contributed by atoms with Crippen LogP contribution in [0, 0.1) is 13.8 Å². The van der Waals surface area contributed by atoms with Crippen LogP contribution in [0.2, 0.25) is 0 Å². The number of amides is 1. The number of carbonyl (C=O) groups excluding carboxylic acids is 1. The molecule has 4 rings (SSSR count). The van der Waals surface area contributed by atoms with E-state index in [-0.39, 0.29) is 17.9 Å². The molecule has 0 aliphatic carbocycles. The van der Waals surface area contributed by atoms with Gasteiger partial charge in [0.2, 0.25) is 5.91 Å². The molecule has 1 saturated heterocycles. The minimum atomic E-state index is -0.113. The van der Waals surface area contributed by atoms with E-state index in [0.717, 1.165) is 61.3 Å². The highest BCUT2D eigenvalue weighted by atomic mass is 16.2. The summed E-state index contributed by atoms with van der Waals surface area (Å²) < 4.78 is 3.66. The topological polar surface area (TPSA) is 85.0 Å². The monoisotopic (exact) mass is 422 g/mol. The first-order chi connectivity index (χ1) is 15.0. The molecule has 1 N–H and O–H groups in total. The summed E-state index contributed by atoms with van der Waals surface area (Å²) in [6, 6.07) is 9.68. The second kappa shape index (κ2) is 9.32. The van der Waals surface area contributed by atoms with E-state index in [4.69, 9.17) is 0 Å². The zero-order valence-corrected chi connectivity index (χ0v) is 18.3. The predicted octanol–water partition coefficient (Wildman–Crippen LogP) is 2.41. The number of benzene rings is 1. The number of fused-ring (bicyclic) bond motifs is 1. The molecule has 1 aliphatic heterocycles. The van der Waals surface area contributed by atoms with Gasteiger partial charge in [0.15, 0.2) is 5.82 Å². The summed E-state index contributed by atoms with van der Waals surface area (Å²) in [6.45, 7) is 7.42. The molecule has 1 aromatic carbocycles. The molecule has 3 aromatic rings. The van der Waals surface area contributed by atoms with Gasteiger partial charge in [0, 0.05) is 44.8 Å². The second-order valence-corrected chi connectivity index (χ2v) is 8.18. The summed E-state index contributed by atoms with van der Waals surface area (Å²) >= 11 is 0. The highest BCUT2D eigenvalue weighted by Crippen LogP contribution is 2.18. The van der Waals surface area contributed by atoms with Gasteiger partial charge in [-0.1, -0.05) is 12.1 Å². The standard InChI is InChI=1S/C23H30N6O2/c1-17-16-18(2)29(26-17)14-7-11-24-21(30)10-15-28-20-9-4-3-8-19(20)25-22(23(28)31)27-12-5-6-13-27/h3-4,8-9,16H,5-7,10-15H2,1-2H3,(H,24,30). The van der Waals surface area contributed by atoms with Crippen LogP contribution in [0.25, 0.3) is 11.0 Å². The third-order valence-electron chi connectivity index (χ3n) is 5.78. The fourth-order valence-electron chi connectivity index (χ4n) is 4.20. The Kier molecular flexibility index (Phi) is 6.34. The van der Waals surface area contributed by atoms with Crippen molar-refractivity contribution in [2.24, 2.45) is 0 Å². The molecule has 0 spiro atoms. The average Bonchev–Trinajstić information content (AvgIpc) is 3.39. The van der Waals surface area contributed by atoms with E-state index in [1.165, 1.54) is 0 Å². The van der Waals surface area contributed by atoms with E-state index in [0.29, 0.717) is 18.9 Å². The van der Waals surface area contributed by atoms with Crippen molar-refractivity contribution in [2.75, 3.05) is 24.5 Å². The summed E-state index contributed by atoms with van der Waals surface area (Å²) in [5, 5.41) is 7.40. The molecule has 1 fully saturated rings. The molecular weight excluding hydrogens is 392 g/mol. The van der Waals surface area contributed by atoms with Crippen LogP contribution in [0.15, 0.2) is 35.1 Å². The van der Waals surface area contributed by atoms with E-state index in [1.807, 2.05) is 48.9 Å². The third kappa shape index (κ3) is 4.78. The Morgan fingerprint density at radius 1 is 1.13 bits per heavy atom. The summed E-state index contributed by atoms with van der Waals surface area (Å²) in [7, 11) is 0. The van der Waals surface area contributed by atoms with E-state index in [9.17, 15) is 9.59 Å². The van der Waals surface area contributed by atoms with Gasteiger partial charge in [0.1, 0.15) is 0 Å². The lowest BCUT2D eigenvalue weighted by Crippen LogP contribution is -2.33. The van der Waals surface area contributed by atoms with Gasteiger partial charge >= 0.3 is 0 Å². The fourth-order valence-corrected chi connectivity index (χ4v) is 4.20. The lowest BCUT2D eigenvalue weighted by atomic mass is 10.2. The summed E-state index contributed by atoms with van der Waals surface area (Å²) in [6.07, 6.45) is 3.22. The van der Waals surface area contributed by atoms with E-state index in [2.05, 4.69) is 20.3 Å². The van der Waals surface area contributed by atoms with Crippen molar-refractivity contribution in [1.82, 2.24) is 24.6 Å². The number of rotatable bonds is 8. The molecule has 3 heterocycles. The van der Waals surface area contributed by atoms with Crippen molar-refractivity contribution in [1.29, 1.82) is 0 Å². The number of nitrogens with zero attached hydrogens (tertiary/aromatic N) is 5. The van der Waals surface area contributed by atoms with Crippen LogP contribution in [0.1, 0.15) is 37.1 Å². The maximum Gasteiger partial charge on any atom is 0.294 e. The Balaban J connectivity index is 1.38. The van der Waals surface area contributed by atoms with Crippen LogP contribution < -0.4 is 15.8 Å². The van der Waals surface area contributed by atoms with Gasteiger partial charge in [-0.2, -0.15) is 5.10 Å². The molecule has 8 nitrogen and oxygen atoms in total. The van der Waals surface area contributed by atoms with E-state index in [1.54, 1.807) is 4.57 Å². The Hall–Kier alpha value is -3.16. The summed E-state index contributed by atoms with van der Waals surface area (Å²) in [5.41, 5.74) is 3.58. The summed E-state index contributed by atoms with van der Waals surface area (Å²) in [5.74, 6) is 0.449. The van der Waals surface area contributed by atoms with Crippen molar-refractivity contribution in [2.45, 2.75) is 52.6 Å². The van der Waals surface area contributed by atoms with Crippen LogP contribution in [0.5, 0.6) is 0 Å². The Morgan fingerprint density at radius 2 is 1.90 bits per heavy atom. The molecule has 164 valence electrons. The van der Waals surface area contributed by atoms with Gasteiger partial charge < -0.3 is 14.8 Å². The first-order valence-corrected chi connectivity index (χ1v) is 11.1. The van der Waals surface area contributed by atoms with Crippen molar-refractivity contribution >= 4 is 22.8 Å². The molecule has 1 amide bonds. The first-order valence-electron chi connectivity index (χ1n) is 11.1. The molecule has 0 bridgehead atoms. The smallest absolute Gasteiger partial charge is 0.294 e. The molecule has 2 aromatic heterocycles. The van der Waals surface area contributed by atoms with Gasteiger partial charge in [0.25, 0.3) is 5.56 Å². The molecule has 0 radical (unpaired) electrons. The van der Waals surface area contributed by atoms with Gasteiger partial charge in [-0.15, -0.1) is 0 Å². The second-order valence-electron chi connectivity index (χ2n) is 8.18. The molecule has 0 unspecified atom stereocenters.